The van der Waals surface area contributed by atoms with Gasteiger partial charge in [-0.15, -0.1) is 0 Å². The van der Waals surface area contributed by atoms with Crippen LogP contribution in [0.5, 0.6) is 5.75 Å². The fraction of sp³-hybridized carbons (Fsp3) is 0.600. The summed E-state index contributed by atoms with van der Waals surface area (Å²) in [4.78, 5) is 0. The first-order valence-electron chi connectivity index (χ1n) is 6.78. The number of ether oxygens (including phenoxy) is 1. The van der Waals surface area contributed by atoms with Crippen molar-refractivity contribution in [2.24, 2.45) is 5.92 Å². The number of benzene rings is 1. The predicted molar refractivity (Wildman–Crippen MR) is 79.3 cm³/mol. The molecule has 1 unspecified atom stereocenters. The molecule has 0 bridgehead atoms. The van der Waals surface area contributed by atoms with Crippen LogP contribution in [0.4, 0.5) is 0 Å². The molecule has 100 valence electrons. The highest BCUT2D eigenvalue weighted by Crippen LogP contribution is 2.23. The first kappa shape index (κ1) is 13.8. The van der Waals surface area contributed by atoms with E-state index in [4.69, 9.17) is 4.74 Å². The minimum atomic E-state index is 0.234. The Hall–Kier alpha value is -0.670. The average molecular weight is 265 g/mol. The molecule has 1 saturated heterocycles. The maximum atomic E-state index is 5.82. The molecule has 0 amide bonds. The van der Waals surface area contributed by atoms with Crippen LogP contribution >= 0.6 is 11.8 Å². The van der Waals surface area contributed by atoms with Crippen molar-refractivity contribution in [1.82, 2.24) is 5.32 Å². The molecule has 1 heterocycles. The summed E-state index contributed by atoms with van der Waals surface area (Å²) in [6.45, 7) is 6.17. The van der Waals surface area contributed by atoms with Crippen molar-refractivity contribution in [3.8, 4) is 5.75 Å². The first-order chi connectivity index (χ1) is 8.75. The van der Waals surface area contributed by atoms with E-state index in [1.807, 2.05) is 6.07 Å². The molecule has 1 aliphatic heterocycles. The van der Waals surface area contributed by atoms with Crippen molar-refractivity contribution >= 4 is 11.8 Å². The van der Waals surface area contributed by atoms with Gasteiger partial charge >= 0.3 is 0 Å². The monoisotopic (exact) mass is 265 g/mol. The zero-order chi connectivity index (χ0) is 12.8. The largest absolute Gasteiger partial charge is 0.491 e. The van der Waals surface area contributed by atoms with Crippen LogP contribution in [-0.4, -0.2) is 24.2 Å². The van der Waals surface area contributed by atoms with Gasteiger partial charge in [-0.3, -0.25) is 0 Å². The smallest absolute Gasteiger partial charge is 0.124 e. The van der Waals surface area contributed by atoms with Crippen LogP contribution < -0.4 is 10.1 Å². The predicted octanol–water partition coefficient (Wildman–Crippen LogP) is 3.32. The summed E-state index contributed by atoms with van der Waals surface area (Å²) < 4.78 is 5.82. The number of para-hydroxylation sites is 1. The maximum Gasteiger partial charge on any atom is 0.124 e. The van der Waals surface area contributed by atoms with Gasteiger partial charge in [0.2, 0.25) is 0 Å². The fourth-order valence-corrected chi connectivity index (χ4v) is 3.46. The standard InChI is InChI=1S/C15H23NOS/c1-12(2)17-15-6-4-3-5-14(15)10-16-9-13-7-8-18-11-13/h3-6,12-13,16H,7-11H2,1-2H3. The van der Waals surface area contributed by atoms with Gasteiger partial charge in [-0.25, -0.2) is 0 Å². The van der Waals surface area contributed by atoms with Crippen LogP contribution in [0.15, 0.2) is 24.3 Å². The van der Waals surface area contributed by atoms with E-state index in [9.17, 15) is 0 Å². The van der Waals surface area contributed by atoms with Gasteiger partial charge in [0.05, 0.1) is 6.10 Å². The van der Waals surface area contributed by atoms with Crippen LogP contribution in [-0.2, 0) is 6.54 Å². The van der Waals surface area contributed by atoms with Gasteiger partial charge in [-0.1, -0.05) is 18.2 Å². The number of hydrogen-bond acceptors (Lipinski definition) is 3. The van der Waals surface area contributed by atoms with Crippen molar-refractivity contribution in [2.45, 2.75) is 32.9 Å². The summed E-state index contributed by atoms with van der Waals surface area (Å²) in [6, 6.07) is 8.32. The van der Waals surface area contributed by atoms with Gasteiger partial charge in [-0.2, -0.15) is 11.8 Å². The van der Waals surface area contributed by atoms with E-state index in [1.165, 1.54) is 23.5 Å². The molecule has 0 aliphatic carbocycles. The highest BCUT2D eigenvalue weighted by molar-refractivity contribution is 7.99. The van der Waals surface area contributed by atoms with Gasteiger partial charge < -0.3 is 10.1 Å². The van der Waals surface area contributed by atoms with Crippen LogP contribution in [0.25, 0.3) is 0 Å². The molecule has 2 rings (SSSR count). The Labute approximate surface area is 114 Å². The molecule has 1 N–H and O–H groups in total. The highest BCUT2D eigenvalue weighted by atomic mass is 32.2. The second-order valence-electron chi connectivity index (χ2n) is 5.13. The molecule has 1 aliphatic rings. The van der Waals surface area contributed by atoms with Crippen molar-refractivity contribution in [3.63, 3.8) is 0 Å². The Morgan fingerprint density at radius 3 is 2.94 bits per heavy atom. The molecule has 0 aromatic heterocycles. The Morgan fingerprint density at radius 1 is 1.39 bits per heavy atom. The molecule has 0 saturated carbocycles. The van der Waals surface area contributed by atoms with Gasteiger partial charge in [0.25, 0.3) is 0 Å². The summed E-state index contributed by atoms with van der Waals surface area (Å²) in [5.41, 5.74) is 1.26. The van der Waals surface area contributed by atoms with E-state index < -0.39 is 0 Å². The van der Waals surface area contributed by atoms with E-state index in [1.54, 1.807) is 0 Å². The molecular formula is C15H23NOS. The Bertz CT molecular complexity index is 361. The third kappa shape index (κ3) is 4.21. The lowest BCUT2D eigenvalue weighted by atomic mass is 10.1. The fourth-order valence-electron chi connectivity index (χ4n) is 2.17. The third-order valence-electron chi connectivity index (χ3n) is 3.11. The lowest BCUT2D eigenvalue weighted by Gasteiger charge is -2.15. The molecular weight excluding hydrogens is 242 g/mol. The van der Waals surface area contributed by atoms with Gasteiger partial charge in [0.15, 0.2) is 0 Å². The van der Waals surface area contributed by atoms with E-state index in [2.05, 4.69) is 49.1 Å². The van der Waals surface area contributed by atoms with Crippen LogP contribution in [0, 0.1) is 5.92 Å². The van der Waals surface area contributed by atoms with Gasteiger partial charge in [-0.05, 0) is 50.3 Å². The zero-order valence-corrected chi connectivity index (χ0v) is 12.1. The minimum absolute atomic E-state index is 0.234. The minimum Gasteiger partial charge on any atom is -0.491 e. The second-order valence-corrected chi connectivity index (χ2v) is 6.28. The Balaban J connectivity index is 1.83. The Kier molecular flexibility index (Phi) is 5.39. The van der Waals surface area contributed by atoms with E-state index in [-0.39, 0.29) is 6.10 Å². The SMILES string of the molecule is CC(C)Oc1ccccc1CNCC1CCSC1. The van der Waals surface area contributed by atoms with E-state index in [0.717, 1.165) is 24.8 Å². The first-order valence-corrected chi connectivity index (χ1v) is 7.94. The summed E-state index contributed by atoms with van der Waals surface area (Å²) in [5, 5.41) is 3.56. The normalized spacial score (nSPS) is 19.4. The summed E-state index contributed by atoms with van der Waals surface area (Å²) in [7, 11) is 0. The average Bonchev–Trinajstić information content (AvgIpc) is 2.84. The number of thioether (sulfide) groups is 1. The van der Waals surface area contributed by atoms with E-state index in [0.29, 0.717) is 0 Å². The van der Waals surface area contributed by atoms with E-state index >= 15 is 0 Å². The van der Waals surface area contributed by atoms with Crippen molar-refractivity contribution in [3.05, 3.63) is 29.8 Å². The van der Waals surface area contributed by atoms with Crippen molar-refractivity contribution < 1.29 is 4.74 Å². The molecule has 3 heteroatoms. The summed E-state index contributed by atoms with van der Waals surface area (Å²) >= 11 is 2.08. The number of nitrogens with one attached hydrogen (secondary N) is 1. The molecule has 1 aromatic carbocycles. The number of rotatable bonds is 6. The lowest BCUT2D eigenvalue weighted by molar-refractivity contribution is 0.239. The molecule has 2 nitrogen and oxygen atoms in total. The summed E-state index contributed by atoms with van der Waals surface area (Å²) in [6.07, 6.45) is 1.60. The van der Waals surface area contributed by atoms with Crippen LogP contribution in [0.3, 0.4) is 0 Å². The molecule has 0 radical (unpaired) electrons. The van der Waals surface area contributed by atoms with Gasteiger partial charge in [0, 0.05) is 12.1 Å². The van der Waals surface area contributed by atoms with Crippen LogP contribution in [0.2, 0.25) is 0 Å². The summed E-state index contributed by atoms with van der Waals surface area (Å²) in [5.74, 6) is 4.52. The van der Waals surface area contributed by atoms with Crippen molar-refractivity contribution in [2.75, 3.05) is 18.1 Å². The third-order valence-corrected chi connectivity index (χ3v) is 4.34. The second kappa shape index (κ2) is 7.05. The molecule has 0 spiro atoms. The lowest BCUT2D eigenvalue weighted by Crippen LogP contribution is -2.22. The van der Waals surface area contributed by atoms with Gasteiger partial charge in [0.1, 0.15) is 5.75 Å². The Morgan fingerprint density at radius 2 is 2.22 bits per heavy atom. The molecule has 1 aromatic rings. The quantitative estimate of drug-likeness (QED) is 0.852. The molecule has 1 atom stereocenters. The van der Waals surface area contributed by atoms with Crippen molar-refractivity contribution in [1.29, 1.82) is 0 Å². The molecule has 18 heavy (non-hydrogen) atoms. The highest BCUT2D eigenvalue weighted by Gasteiger charge is 2.14. The molecule has 1 fully saturated rings. The van der Waals surface area contributed by atoms with Crippen LogP contribution in [0.1, 0.15) is 25.8 Å². The topological polar surface area (TPSA) is 21.3 Å². The zero-order valence-electron chi connectivity index (χ0n) is 11.3. The number of hydrogen-bond donors (Lipinski definition) is 1. The maximum absolute atomic E-state index is 5.82.